The number of hydrogen-bond acceptors (Lipinski definition) is 7. The first-order chi connectivity index (χ1) is 11.2. The van der Waals surface area contributed by atoms with Crippen molar-refractivity contribution < 1.29 is 9.53 Å². The van der Waals surface area contributed by atoms with Crippen molar-refractivity contribution in [3.63, 3.8) is 0 Å². The lowest BCUT2D eigenvalue weighted by Crippen LogP contribution is -2.12. The molecule has 0 saturated carbocycles. The summed E-state index contributed by atoms with van der Waals surface area (Å²) in [6, 6.07) is 1.89. The van der Waals surface area contributed by atoms with Gasteiger partial charge < -0.3 is 10.1 Å². The average molecular weight is 331 g/mol. The molecule has 0 amide bonds. The Kier molecular flexibility index (Phi) is 4.52. The molecule has 23 heavy (non-hydrogen) atoms. The fourth-order valence-corrected chi connectivity index (χ4v) is 3.36. The van der Waals surface area contributed by atoms with Gasteiger partial charge in [-0.15, -0.1) is 11.3 Å². The maximum absolute atomic E-state index is 12.0. The van der Waals surface area contributed by atoms with E-state index in [1.54, 1.807) is 13.1 Å². The van der Waals surface area contributed by atoms with Crippen LogP contribution in [0.2, 0.25) is 0 Å². The van der Waals surface area contributed by atoms with Crippen LogP contribution < -0.4 is 5.32 Å². The standard InChI is InChI=1S/C15H17N5O2S/c1-3-22-15(21)12-10(2)11-13(17-9-18-14(11)23-12)16-6-8-20-7-4-5-19-20/h4-5,7,9H,3,6,8H2,1-2H3,(H,16,17,18). The van der Waals surface area contributed by atoms with Crippen molar-refractivity contribution in [1.29, 1.82) is 0 Å². The highest BCUT2D eigenvalue weighted by Gasteiger charge is 2.19. The number of carbonyl (C=O) groups is 1. The van der Waals surface area contributed by atoms with Crippen LogP contribution in [0.3, 0.4) is 0 Å². The van der Waals surface area contributed by atoms with Crippen LogP contribution in [0.4, 0.5) is 5.82 Å². The second-order valence-electron chi connectivity index (χ2n) is 4.87. The predicted molar refractivity (Wildman–Crippen MR) is 88.8 cm³/mol. The summed E-state index contributed by atoms with van der Waals surface area (Å²) < 4.78 is 6.94. The van der Waals surface area contributed by atoms with Gasteiger partial charge in [0.2, 0.25) is 0 Å². The zero-order valence-electron chi connectivity index (χ0n) is 12.9. The van der Waals surface area contributed by atoms with E-state index in [2.05, 4.69) is 20.4 Å². The number of ether oxygens (including phenoxy) is 1. The molecule has 7 nitrogen and oxygen atoms in total. The summed E-state index contributed by atoms with van der Waals surface area (Å²) in [5.41, 5.74) is 0.852. The van der Waals surface area contributed by atoms with Gasteiger partial charge >= 0.3 is 5.97 Å². The third kappa shape index (κ3) is 3.16. The normalized spacial score (nSPS) is 10.9. The monoisotopic (exact) mass is 331 g/mol. The Bertz CT molecular complexity index is 813. The van der Waals surface area contributed by atoms with Crippen molar-refractivity contribution in [2.75, 3.05) is 18.5 Å². The topological polar surface area (TPSA) is 81.9 Å². The number of hydrogen-bond donors (Lipinski definition) is 1. The van der Waals surface area contributed by atoms with Crippen LogP contribution >= 0.6 is 11.3 Å². The van der Waals surface area contributed by atoms with E-state index in [9.17, 15) is 4.79 Å². The van der Waals surface area contributed by atoms with Crippen molar-refractivity contribution in [1.82, 2.24) is 19.7 Å². The molecule has 0 aliphatic heterocycles. The molecule has 0 aromatic carbocycles. The summed E-state index contributed by atoms with van der Waals surface area (Å²) in [7, 11) is 0. The van der Waals surface area contributed by atoms with Gasteiger partial charge in [-0.3, -0.25) is 4.68 Å². The molecule has 3 aromatic rings. The van der Waals surface area contributed by atoms with Gasteiger partial charge in [0.05, 0.1) is 18.5 Å². The molecule has 120 valence electrons. The summed E-state index contributed by atoms with van der Waals surface area (Å²) in [4.78, 5) is 22.0. The van der Waals surface area contributed by atoms with Gasteiger partial charge in [0, 0.05) is 18.9 Å². The summed E-state index contributed by atoms with van der Waals surface area (Å²) in [5, 5.41) is 8.33. The number of nitrogens with zero attached hydrogens (tertiary/aromatic N) is 4. The minimum atomic E-state index is -0.310. The van der Waals surface area contributed by atoms with Crippen LogP contribution in [-0.4, -0.2) is 38.9 Å². The largest absolute Gasteiger partial charge is 0.462 e. The molecule has 0 unspecified atom stereocenters. The highest BCUT2D eigenvalue weighted by molar-refractivity contribution is 7.20. The lowest BCUT2D eigenvalue weighted by Gasteiger charge is -2.07. The molecule has 3 aromatic heterocycles. The number of nitrogens with one attached hydrogen (secondary N) is 1. The molecule has 0 saturated heterocycles. The molecule has 0 radical (unpaired) electrons. The smallest absolute Gasteiger partial charge is 0.348 e. The molecule has 0 aliphatic rings. The van der Waals surface area contributed by atoms with Gasteiger partial charge in [-0.05, 0) is 25.5 Å². The molecule has 0 fully saturated rings. The van der Waals surface area contributed by atoms with Gasteiger partial charge in [0.1, 0.15) is 21.9 Å². The van der Waals surface area contributed by atoms with Crippen LogP contribution in [0.15, 0.2) is 24.8 Å². The summed E-state index contributed by atoms with van der Waals surface area (Å²) in [6.07, 6.45) is 5.16. The predicted octanol–water partition coefficient (Wildman–Crippen LogP) is 2.49. The number of rotatable bonds is 6. The minimum Gasteiger partial charge on any atom is -0.462 e. The van der Waals surface area contributed by atoms with Crippen LogP contribution in [0.1, 0.15) is 22.2 Å². The van der Waals surface area contributed by atoms with Crippen LogP contribution in [0, 0.1) is 6.92 Å². The number of anilines is 1. The lowest BCUT2D eigenvalue weighted by atomic mass is 10.2. The summed E-state index contributed by atoms with van der Waals surface area (Å²) in [5.74, 6) is 0.418. The molecule has 3 heterocycles. The Labute approximate surface area is 137 Å². The first-order valence-corrected chi connectivity index (χ1v) is 8.15. The second-order valence-corrected chi connectivity index (χ2v) is 5.87. The average Bonchev–Trinajstić information content (AvgIpc) is 3.16. The third-order valence-electron chi connectivity index (χ3n) is 3.38. The number of esters is 1. The number of thiophene rings is 1. The number of aromatic nitrogens is 4. The molecule has 8 heteroatoms. The quantitative estimate of drug-likeness (QED) is 0.699. The van der Waals surface area contributed by atoms with E-state index in [0.29, 0.717) is 18.0 Å². The van der Waals surface area contributed by atoms with Gasteiger partial charge in [0.15, 0.2) is 0 Å². The van der Waals surface area contributed by atoms with Crippen molar-refractivity contribution in [2.45, 2.75) is 20.4 Å². The molecule has 1 N–H and O–H groups in total. The zero-order valence-corrected chi connectivity index (χ0v) is 13.8. The maximum atomic E-state index is 12.0. The Morgan fingerprint density at radius 2 is 2.30 bits per heavy atom. The van der Waals surface area contributed by atoms with E-state index >= 15 is 0 Å². The van der Waals surface area contributed by atoms with Crippen LogP contribution in [0.25, 0.3) is 10.2 Å². The molecule has 0 spiro atoms. The first kappa shape index (κ1) is 15.4. The van der Waals surface area contributed by atoms with Crippen molar-refractivity contribution in [3.8, 4) is 0 Å². The first-order valence-electron chi connectivity index (χ1n) is 7.33. The Hall–Kier alpha value is -2.48. The Balaban J connectivity index is 1.84. The van der Waals surface area contributed by atoms with E-state index in [4.69, 9.17) is 4.74 Å². The molecule has 0 aliphatic carbocycles. The van der Waals surface area contributed by atoms with E-state index < -0.39 is 0 Å². The second kappa shape index (κ2) is 6.74. The summed E-state index contributed by atoms with van der Waals surface area (Å²) >= 11 is 1.33. The number of fused-ring (bicyclic) bond motifs is 1. The van der Waals surface area contributed by atoms with E-state index in [-0.39, 0.29) is 5.97 Å². The van der Waals surface area contributed by atoms with E-state index in [1.165, 1.54) is 17.7 Å². The molecule has 0 atom stereocenters. The fourth-order valence-electron chi connectivity index (χ4n) is 2.32. The molecular formula is C15H17N5O2S. The van der Waals surface area contributed by atoms with Gasteiger partial charge in [-0.1, -0.05) is 0 Å². The minimum absolute atomic E-state index is 0.310. The number of carbonyl (C=O) groups excluding carboxylic acids is 1. The maximum Gasteiger partial charge on any atom is 0.348 e. The number of aryl methyl sites for hydroxylation is 1. The van der Waals surface area contributed by atoms with E-state index in [0.717, 1.165) is 28.1 Å². The van der Waals surface area contributed by atoms with Crippen LogP contribution in [0.5, 0.6) is 0 Å². The Morgan fingerprint density at radius 3 is 3.04 bits per heavy atom. The highest BCUT2D eigenvalue weighted by Crippen LogP contribution is 2.33. The molecular weight excluding hydrogens is 314 g/mol. The van der Waals surface area contributed by atoms with Gasteiger partial charge in [0.25, 0.3) is 0 Å². The SMILES string of the molecule is CCOC(=O)c1sc2ncnc(NCCn3cccn3)c2c1C. The van der Waals surface area contributed by atoms with Crippen molar-refractivity contribution in [3.05, 3.63) is 35.2 Å². The van der Waals surface area contributed by atoms with E-state index in [1.807, 2.05) is 23.9 Å². The van der Waals surface area contributed by atoms with Crippen LogP contribution in [-0.2, 0) is 11.3 Å². The zero-order chi connectivity index (χ0) is 16.2. The summed E-state index contributed by atoms with van der Waals surface area (Å²) in [6.45, 7) is 5.45. The van der Waals surface area contributed by atoms with Gasteiger partial charge in [-0.2, -0.15) is 5.10 Å². The van der Waals surface area contributed by atoms with Crippen molar-refractivity contribution >= 4 is 33.3 Å². The Morgan fingerprint density at radius 1 is 1.43 bits per heavy atom. The lowest BCUT2D eigenvalue weighted by molar-refractivity contribution is 0.0531. The van der Waals surface area contributed by atoms with Crippen molar-refractivity contribution in [2.24, 2.45) is 0 Å². The fraction of sp³-hybridized carbons (Fsp3) is 0.333. The third-order valence-corrected chi connectivity index (χ3v) is 4.56. The van der Waals surface area contributed by atoms with Gasteiger partial charge in [-0.25, -0.2) is 14.8 Å². The molecule has 0 bridgehead atoms. The highest BCUT2D eigenvalue weighted by atomic mass is 32.1. The molecule has 3 rings (SSSR count).